The molecule has 0 atom stereocenters. The molecule has 1 saturated heterocycles. The third kappa shape index (κ3) is 3.10. The van der Waals surface area contributed by atoms with Gasteiger partial charge in [-0.25, -0.2) is 0 Å². The van der Waals surface area contributed by atoms with Gasteiger partial charge in [0.1, 0.15) is 5.76 Å². The molecule has 1 aromatic heterocycles. The van der Waals surface area contributed by atoms with Crippen LogP contribution in [0.2, 0.25) is 0 Å². The minimum Gasteiger partial charge on any atom is -0.481 e. The van der Waals surface area contributed by atoms with Crippen LogP contribution >= 0.6 is 0 Å². The predicted molar refractivity (Wildman–Crippen MR) is 76.7 cm³/mol. The maximum absolute atomic E-state index is 12.3. The van der Waals surface area contributed by atoms with Gasteiger partial charge in [0, 0.05) is 13.1 Å². The Morgan fingerprint density at radius 3 is 2.52 bits per heavy atom. The normalized spacial score (nSPS) is 17.7. The number of furan rings is 1. The highest BCUT2D eigenvalue weighted by Gasteiger charge is 2.41. The van der Waals surface area contributed by atoms with Gasteiger partial charge in [0.2, 0.25) is 0 Å². The van der Waals surface area contributed by atoms with E-state index in [2.05, 4.69) is 0 Å². The summed E-state index contributed by atoms with van der Waals surface area (Å²) < 4.78 is 5.36. The van der Waals surface area contributed by atoms with E-state index in [1.807, 2.05) is 6.92 Å². The van der Waals surface area contributed by atoms with Crippen LogP contribution < -0.4 is 5.73 Å². The summed E-state index contributed by atoms with van der Waals surface area (Å²) in [5, 5.41) is 9.46. The predicted octanol–water partition coefficient (Wildman–Crippen LogP) is 1.85. The Bertz CT molecular complexity index is 515. The molecule has 6 heteroatoms. The van der Waals surface area contributed by atoms with Crippen LogP contribution in [0.4, 0.5) is 0 Å². The Labute approximate surface area is 123 Å². The number of hydrogen-bond acceptors (Lipinski definition) is 4. The lowest BCUT2D eigenvalue weighted by Crippen LogP contribution is -2.46. The first kappa shape index (κ1) is 15.6. The summed E-state index contributed by atoms with van der Waals surface area (Å²) in [6.07, 6.45) is 2.47. The quantitative estimate of drug-likeness (QED) is 0.863. The van der Waals surface area contributed by atoms with Gasteiger partial charge in [0.25, 0.3) is 5.91 Å². The van der Waals surface area contributed by atoms with Crippen LogP contribution in [0.1, 0.15) is 48.9 Å². The van der Waals surface area contributed by atoms with E-state index in [1.54, 1.807) is 17.0 Å². The van der Waals surface area contributed by atoms with E-state index in [-0.39, 0.29) is 18.2 Å². The highest BCUT2D eigenvalue weighted by molar-refractivity contribution is 5.91. The van der Waals surface area contributed by atoms with Crippen molar-refractivity contribution in [2.24, 2.45) is 11.1 Å². The number of carboxylic acids is 1. The van der Waals surface area contributed by atoms with E-state index in [0.717, 1.165) is 6.42 Å². The van der Waals surface area contributed by atoms with E-state index in [0.29, 0.717) is 38.1 Å². The van der Waals surface area contributed by atoms with Gasteiger partial charge in [-0.05, 0) is 31.4 Å². The van der Waals surface area contributed by atoms with E-state index in [9.17, 15) is 14.7 Å². The van der Waals surface area contributed by atoms with Crippen molar-refractivity contribution in [1.82, 2.24) is 4.90 Å². The molecule has 1 aliphatic heterocycles. The summed E-state index contributed by atoms with van der Waals surface area (Å²) in [6, 6.07) is 3.31. The highest BCUT2D eigenvalue weighted by atomic mass is 16.4. The summed E-state index contributed by atoms with van der Waals surface area (Å²) in [7, 11) is 0. The summed E-state index contributed by atoms with van der Waals surface area (Å²) in [5.41, 5.74) is 4.78. The number of amides is 1. The molecule has 1 amide bonds. The van der Waals surface area contributed by atoms with Gasteiger partial charge in [-0.2, -0.15) is 0 Å². The van der Waals surface area contributed by atoms with Crippen molar-refractivity contribution in [2.45, 2.75) is 39.2 Å². The second kappa shape index (κ2) is 6.30. The lowest BCUT2D eigenvalue weighted by atomic mass is 9.75. The summed E-state index contributed by atoms with van der Waals surface area (Å²) in [6.45, 7) is 3.14. The molecule has 0 spiro atoms. The second-order valence-electron chi connectivity index (χ2n) is 5.60. The second-order valence-corrected chi connectivity index (χ2v) is 5.60. The first-order chi connectivity index (χ1) is 10.0. The average molecular weight is 294 g/mol. The van der Waals surface area contributed by atoms with E-state index in [1.165, 1.54) is 0 Å². The fourth-order valence-corrected chi connectivity index (χ4v) is 2.95. The molecule has 1 fully saturated rings. The van der Waals surface area contributed by atoms with Gasteiger partial charge in [0.15, 0.2) is 5.76 Å². The highest BCUT2D eigenvalue weighted by Crippen LogP contribution is 2.36. The fraction of sp³-hybridized carbons (Fsp3) is 0.600. The van der Waals surface area contributed by atoms with Crippen LogP contribution in [-0.4, -0.2) is 35.0 Å². The molecule has 6 nitrogen and oxygen atoms in total. The number of likely N-dealkylation sites (tertiary alicyclic amines) is 1. The number of rotatable bonds is 5. The topological polar surface area (TPSA) is 96.8 Å². The molecule has 1 aromatic rings. The van der Waals surface area contributed by atoms with Gasteiger partial charge in [-0.3, -0.25) is 9.59 Å². The first-order valence-electron chi connectivity index (χ1n) is 7.34. The van der Waals surface area contributed by atoms with Gasteiger partial charge in [0.05, 0.1) is 12.0 Å². The molecule has 0 saturated carbocycles. The number of aliphatic carboxylic acids is 1. The molecule has 3 N–H and O–H groups in total. The van der Waals surface area contributed by atoms with Crippen LogP contribution in [-0.2, 0) is 11.3 Å². The van der Waals surface area contributed by atoms with Crippen molar-refractivity contribution in [3.05, 3.63) is 23.7 Å². The van der Waals surface area contributed by atoms with Crippen LogP contribution in [0.15, 0.2) is 16.5 Å². The van der Waals surface area contributed by atoms with Crippen molar-refractivity contribution < 1.29 is 19.1 Å². The number of carbonyl (C=O) groups excluding carboxylic acids is 1. The molecule has 0 radical (unpaired) electrons. The lowest BCUT2D eigenvalue weighted by Gasteiger charge is -2.38. The van der Waals surface area contributed by atoms with E-state index in [4.69, 9.17) is 10.2 Å². The van der Waals surface area contributed by atoms with Gasteiger partial charge in [-0.15, -0.1) is 0 Å². The Kier molecular flexibility index (Phi) is 4.67. The van der Waals surface area contributed by atoms with Crippen molar-refractivity contribution >= 4 is 11.9 Å². The van der Waals surface area contributed by atoms with Crippen LogP contribution in [0.3, 0.4) is 0 Å². The maximum Gasteiger partial charge on any atom is 0.309 e. The monoisotopic (exact) mass is 294 g/mol. The van der Waals surface area contributed by atoms with Gasteiger partial charge >= 0.3 is 5.97 Å². The lowest BCUT2D eigenvalue weighted by molar-refractivity contribution is -0.152. The number of carboxylic acid groups (broad SMARTS) is 1. The molecular formula is C15H22N2O4. The standard InChI is InChI=1S/C15H22N2O4/c1-2-5-15(14(19)20)6-8-17(9-7-15)13(18)12-4-3-11(10-16)21-12/h3-4H,2,5-10,16H2,1H3,(H,19,20). The average Bonchev–Trinajstić information content (AvgIpc) is 2.96. The number of piperidine rings is 1. The number of carbonyl (C=O) groups is 2. The molecule has 0 aliphatic carbocycles. The molecule has 2 heterocycles. The van der Waals surface area contributed by atoms with E-state index < -0.39 is 11.4 Å². The minimum absolute atomic E-state index is 0.190. The Hall–Kier alpha value is -1.82. The van der Waals surface area contributed by atoms with Crippen molar-refractivity contribution in [2.75, 3.05) is 13.1 Å². The molecule has 2 rings (SSSR count). The molecule has 1 aliphatic rings. The van der Waals surface area contributed by atoms with Crippen LogP contribution in [0, 0.1) is 5.41 Å². The molecule has 21 heavy (non-hydrogen) atoms. The number of nitrogens with zero attached hydrogens (tertiary/aromatic N) is 1. The van der Waals surface area contributed by atoms with Gasteiger partial charge < -0.3 is 20.2 Å². The molecular weight excluding hydrogens is 272 g/mol. The largest absolute Gasteiger partial charge is 0.481 e. The zero-order valence-corrected chi connectivity index (χ0v) is 12.3. The number of nitrogens with two attached hydrogens (primary N) is 1. The third-order valence-corrected chi connectivity index (χ3v) is 4.26. The van der Waals surface area contributed by atoms with Crippen molar-refractivity contribution in [3.8, 4) is 0 Å². The third-order valence-electron chi connectivity index (χ3n) is 4.26. The van der Waals surface area contributed by atoms with Crippen LogP contribution in [0.5, 0.6) is 0 Å². The first-order valence-corrected chi connectivity index (χ1v) is 7.34. The molecule has 0 aromatic carbocycles. The Morgan fingerprint density at radius 2 is 2.05 bits per heavy atom. The smallest absolute Gasteiger partial charge is 0.309 e. The zero-order chi connectivity index (χ0) is 15.5. The van der Waals surface area contributed by atoms with Crippen LogP contribution in [0.25, 0.3) is 0 Å². The van der Waals surface area contributed by atoms with Crippen molar-refractivity contribution in [3.63, 3.8) is 0 Å². The van der Waals surface area contributed by atoms with Gasteiger partial charge in [-0.1, -0.05) is 13.3 Å². The van der Waals surface area contributed by atoms with E-state index >= 15 is 0 Å². The SMILES string of the molecule is CCCC1(C(=O)O)CCN(C(=O)c2ccc(CN)o2)CC1. The minimum atomic E-state index is -0.750. The fourth-order valence-electron chi connectivity index (χ4n) is 2.95. The maximum atomic E-state index is 12.3. The summed E-state index contributed by atoms with van der Waals surface area (Å²) in [4.78, 5) is 25.5. The number of hydrogen-bond donors (Lipinski definition) is 2. The Balaban J connectivity index is 2.02. The summed E-state index contributed by atoms with van der Waals surface area (Å²) >= 11 is 0. The molecule has 0 unspecified atom stereocenters. The van der Waals surface area contributed by atoms with Crippen molar-refractivity contribution in [1.29, 1.82) is 0 Å². The Morgan fingerprint density at radius 1 is 1.38 bits per heavy atom. The summed E-state index contributed by atoms with van der Waals surface area (Å²) in [5.74, 6) is -0.0972. The molecule has 116 valence electrons. The molecule has 0 bridgehead atoms. The zero-order valence-electron chi connectivity index (χ0n) is 12.3.